The number of aliphatic hydroxyl groups excluding tert-OH is 1. The SMILES string of the molecule is CCCCCCCCN(CCOCCO)C(=O)C=CC(=O)O. The van der Waals surface area contributed by atoms with Crippen molar-refractivity contribution in [1.29, 1.82) is 0 Å². The number of carbonyl (C=O) groups is 2. The Labute approximate surface area is 132 Å². The zero-order chi connectivity index (χ0) is 16.6. The lowest BCUT2D eigenvalue weighted by Gasteiger charge is -2.21. The molecule has 0 bridgehead atoms. The molecule has 0 rings (SSSR count). The maximum absolute atomic E-state index is 11.9. The fourth-order valence-electron chi connectivity index (χ4n) is 2.00. The van der Waals surface area contributed by atoms with Crippen molar-refractivity contribution < 1.29 is 24.5 Å². The van der Waals surface area contributed by atoms with Crippen LogP contribution in [0.15, 0.2) is 12.2 Å². The monoisotopic (exact) mass is 315 g/mol. The third-order valence-corrected chi connectivity index (χ3v) is 3.20. The lowest BCUT2D eigenvalue weighted by molar-refractivity contribution is -0.132. The average molecular weight is 315 g/mol. The maximum Gasteiger partial charge on any atom is 0.328 e. The summed E-state index contributed by atoms with van der Waals surface area (Å²) in [6, 6.07) is 0. The number of carboxylic acids is 1. The third-order valence-electron chi connectivity index (χ3n) is 3.20. The first-order valence-corrected chi connectivity index (χ1v) is 8.00. The Morgan fingerprint density at radius 2 is 1.68 bits per heavy atom. The molecule has 0 aliphatic heterocycles. The predicted octanol–water partition coefficient (Wildman–Crippen LogP) is 1.83. The van der Waals surface area contributed by atoms with E-state index in [0.29, 0.717) is 19.7 Å². The number of hydrogen-bond donors (Lipinski definition) is 2. The molecular formula is C16H29NO5. The number of aliphatic hydroxyl groups is 1. The fraction of sp³-hybridized carbons (Fsp3) is 0.750. The van der Waals surface area contributed by atoms with Gasteiger partial charge in [-0.2, -0.15) is 0 Å². The van der Waals surface area contributed by atoms with Gasteiger partial charge < -0.3 is 19.8 Å². The van der Waals surface area contributed by atoms with Gasteiger partial charge in [-0.3, -0.25) is 4.79 Å². The Bertz CT molecular complexity index is 330. The number of unbranched alkanes of at least 4 members (excludes halogenated alkanes) is 5. The number of aliphatic carboxylic acids is 1. The summed E-state index contributed by atoms with van der Waals surface area (Å²) in [7, 11) is 0. The van der Waals surface area contributed by atoms with E-state index >= 15 is 0 Å². The molecule has 0 unspecified atom stereocenters. The number of nitrogens with zero attached hydrogens (tertiary/aromatic N) is 1. The summed E-state index contributed by atoms with van der Waals surface area (Å²) in [5, 5.41) is 17.2. The summed E-state index contributed by atoms with van der Waals surface area (Å²) in [6.45, 7) is 3.69. The number of carboxylic acid groups (broad SMARTS) is 1. The van der Waals surface area contributed by atoms with Crippen LogP contribution >= 0.6 is 0 Å². The van der Waals surface area contributed by atoms with Crippen molar-refractivity contribution in [2.45, 2.75) is 45.4 Å². The van der Waals surface area contributed by atoms with Crippen molar-refractivity contribution in [3.05, 3.63) is 12.2 Å². The second-order valence-corrected chi connectivity index (χ2v) is 5.10. The minimum absolute atomic E-state index is 0.0513. The van der Waals surface area contributed by atoms with Gasteiger partial charge in [0.05, 0.1) is 19.8 Å². The molecule has 0 atom stereocenters. The highest BCUT2D eigenvalue weighted by Gasteiger charge is 2.10. The van der Waals surface area contributed by atoms with Gasteiger partial charge in [0.1, 0.15) is 0 Å². The summed E-state index contributed by atoms with van der Waals surface area (Å²) in [5.41, 5.74) is 0. The fourth-order valence-corrected chi connectivity index (χ4v) is 2.00. The van der Waals surface area contributed by atoms with Crippen molar-refractivity contribution in [3.63, 3.8) is 0 Å². The molecule has 0 aromatic rings. The molecule has 0 fully saturated rings. The first-order chi connectivity index (χ1) is 10.6. The van der Waals surface area contributed by atoms with Gasteiger partial charge in [-0.25, -0.2) is 4.79 Å². The van der Waals surface area contributed by atoms with Crippen LogP contribution in [0.25, 0.3) is 0 Å². The van der Waals surface area contributed by atoms with E-state index in [1.165, 1.54) is 19.3 Å². The van der Waals surface area contributed by atoms with Gasteiger partial charge in [0.2, 0.25) is 5.91 Å². The Balaban J connectivity index is 4.15. The summed E-state index contributed by atoms with van der Waals surface area (Å²) < 4.78 is 5.16. The summed E-state index contributed by atoms with van der Waals surface area (Å²) in [5.74, 6) is -1.45. The minimum Gasteiger partial charge on any atom is -0.478 e. The third kappa shape index (κ3) is 12.3. The molecule has 0 spiro atoms. The highest BCUT2D eigenvalue weighted by molar-refractivity contribution is 5.93. The molecule has 0 heterocycles. The maximum atomic E-state index is 11.9. The van der Waals surface area contributed by atoms with Crippen molar-refractivity contribution in [1.82, 2.24) is 4.90 Å². The molecule has 0 aromatic carbocycles. The van der Waals surface area contributed by atoms with E-state index in [2.05, 4.69) is 6.92 Å². The number of rotatable bonds is 14. The number of carbonyl (C=O) groups excluding carboxylic acids is 1. The van der Waals surface area contributed by atoms with Crippen LogP contribution in [0.1, 0.15) is 45.4 Å². The second-order valence-electron chi connectivity index (χ2n) is 5.10. The van der Waals surface area contributed by atoms with Crippen LogP contribution in [0.4, 0.5) is 0 Å². The molecule has 2 N–H and O–H groups in total. The predicted molar refractivity (Wildman–Crippen MR) is 84.6 cm³/mol. The van der Waals surface area contributed by atoms with Crippen molar-refractivity contribution in [3.8, 4) is 0 Å². The molecular weight excluding hydrogens is 286 g/mol. The molecule has 0 aromatic heterocycles. The highest BCUT2D eigenvalue weighted by atomic mass is 16.5. The number of hydrogen-bond acceptors (Lipinski definition) is 4. The van der Waals surface area contributed by atoms with E-state index in [-0.39, 0.29) is 19.1 Å². The molecule has 0 saturated carbocycles. The van der Waals surface area contributed by atoms with Gasteiger partial charge in [-0.15, -0.1) is 0 Å². The minimum atomic E-state index is -1.13. The molecule has 0 saturated heterocycles. The lowest BCUT2D eigenvalue weighted by atomic mass is 10.1. The molecule has 0 aliphatic rings. The number of ether oxygens (including phenoxy) is 1. The summed E-state index contributed by atoms with van der Waals surface area (Å²) in [6.07, 6.45) is 8.69. The standard InChI is InChI=1S/C16H29NO5/c1-2-3-4-5-6-7-10-17(11-13-22-14-12-18)15(19)8-9-16(20)21/h8-9,18H,2-7,10-14H2,1H3,(H,20,21). The molecule has 128 valence electrons. The average Bonchev–Trinajstić information content (AvgIpc) is 2.50. The Morgan fingerprint density at radius 1 is 1.00 bits per heavy atom. The van der Waals surface area contributed by atoms with Gasteiger partial charge in [0.15, 0.2) is 0 Å². The van der Waals surface area contributed by atoms with Crippen molar-refractivity contribution in [2.24, 2.45) is 0 Å². The Hall–Kier alpha value is -1.40. The van der Waals surface area contributed by atoms with Crippen LogP contribution < -0.4 is 0 Å². The normalized spacial score (nSPS) is 11.0. The van der Waals surface area contributed by atoms with Crippen molar-refractivity contribution in [2.75, 3.05) is 32.9 Å². The topological polar surface area (TPSA) is 87.1 Å². The van der Waals surface area contributed by atoms with E-state index in [1.807, 2.05) is 0 Å². The van der Waals surface area contributed by atoms with Crippen LogP contribution in [0.2, 0.25) is 0 Å². The highest BCUT2D eigenvalue weighted by Crippen LogP contribution is 2.06. The van der Waals surface area contributed by atoms with Crippen LogP contribution in [-0.4, -0.2) is 59.9 Å². The van der Waals surface area contributed by atoms with Crippen LogP contribution in [0.5, 0.6) is 0 Å². The van der Waals surface area contributed by atoms with E-state index in [9.17, 15) is 9.59 Å². The molecule has 22 heavy (non-hydrogen) atoms. The first-order valence-electron chi connectivity index (χ1n) is 8.00. The second kappa shape index (κ2) is 14.5. The van der Waals surface area contributed by atoms with Crippen LogP contribution in [0.3, 0.4) is 0 Å². The van der Waals surface area contributed by atoms with Crippen LogP contribution in [-0.2, 0) is 14.3 Å². The molecule has 1 amide bonds. The van der Waals surface area contributed by atoms with Gasteiger partial charge in [-0.05, 0) is 6.42 Å². The van der Waals surface area contributed by atoms with E-state index in [0.717, 1.165) is 31.4 Å². The number of amides is 1. The zero-order valence-corrected chi connectivity index (χ0v) is 13.5. The quantitative estimate of drug-likeness (QED) is 0.377. The molecule has 6 heteroatoms. The van der Waals surface area contributed by atoms with Gasteiger partial charge in [-0.1, -0.05) is 39.0 Å². The van der Waals surface area contributed by atoms with Crippen molar-refractivity contribution >= 4 is 11.9 Å². The van der Waals surface area contributed by atoms with E-state index < -0.39 is 5.97 Å². The van der Waals surface area contributed by atoms with Crippen LogP contribution in [0, 0.1) is 0 Å². The van der Waals surface area contributed by atoms with Gasteiger partial charge >= 0.3 is 5.97 Å². The van der Waals surface area contributed by atoms with Gasteiger partial charge in [0.25, 0.3) is 0 Å². The first kappa shape index (κ1) is 20.6. The molecule has 0 aliphatic carbocycles. The molecule has 6 nitrogen and oxygen atoms in total. The summed E-state index contributed by atoms with van der Waals surface area (Å²) in [4.78, 5) is 24.0. The molecule has 0 radical (unpaired) electrons. The largest absolute Gasteiger partial charge is 0.478 e. The van der Waals surface area contributed by atoms with E-state index in [4.69, 9.17) is 14.9 Å². The van der Waals surface area contributed by atoms with E-state index in [1.54, 1.807) is 4.90 Å². The summed E-state index contributed by atoms with van der Waals surface area (Å²) >= 11 is 0. The Morgan fingerprint density at radius 3 is 2.32 bits per heavy atom. The lowest BCUT2D eigenvalue weighted by Crippen LogP contribution is -2.34. The smallest absolute Gasteiger partial charge is 0.328 e. The Kier molecular flexibility index (Phi) is 13.6. The zero-order valence-electron chi connectivity index (χ0n) is 13.5. The van der Waals surface area contributed by atoms with Gasteiger partial charge in [0, 0.05) is 25.2 Å².